The van der Waals surface area contributed by atoms with Crippen LogP contribution in [0.1, 0.15) is 17.5 Å². The third-order valence-electron chi connectivity index (χ3n) is 1.96. The summed E-state index contributed by atoms with van der Waals surface area (Å²) >= 11 is 0. The predicted molar refractivity (Wildman–Crippen MR) is 58.3 cm³/mol. The van der Waals surface area contributed by atoms with Crippen LogP contribution in [0.2, 0.25) is 0 Å². The summed E-state index contributed by atoms with van der Waals surface area (Å²) in [5, 5.41) is 12.5. The van der Waals surface area contributed by atoms with Crippen molar-refractivity contribution in [1.29, 1.82) is 0 Å². The Bertz CT molecular complexity index is 340. The Hall–Kier alpha value is -1.46. The van der Waals surface area contributed by atoms with E-state index >= 15 is 0 Å². The summed E-state index contributed by atoms with van der Waals surface area (Å²) in [5.74, 6) is 6.25. The lowest BCUT2D eigenvalue weighted by atomic mass is 10.1. The largest absolute Gasteiger partial charge is 0.507 e. The molecular formula is C12H15NO. The monoisotopic (exact) mass is 189 g/mol. The van der Waals surface area contributed by atoms with E-state index in [1.165, 1.54) is 0 Å². The van der Waals surface area contributed by atoms with E-state index in [0.717, 1.165) is 24.1 Å². The van der Waals surface area contributed by atoms with Crippen molar-refractivity contribution < 1.29 is 5.11 Å². The summed E-state index contributed by atoms with van der Waals surface area (Å²) < 4.78 is 0. The molecule has 0 aliphatic carbocycles. The molecule has 14 heavy (non-hydrogen) atoms. The van der Waals surface area contributed by atoms with Crippen LogP contribution in [0.15, 0.2) is 18.2 Å². The van der Waals surface area contributed by atoms with Gasteiger partial charge in [0.2, 0.25) is 0 Å². The van der Waals surface area contributed by atoms with Crippen LogP contribution in [0.4, 0.5) is 0 Å². The lowest BCUT2D eigenvalue weighted by Gasteiger charge is -1.99. The zero-order valence-corrected chi connectivity index (χ0v) is 8.59. The first-order chi connectivity index (χ1) is 6.75. The van der Waals surface area contributed by atoms with Crippen molar-refractivity contribution >= 4 is 0 Å². The van der Waals surface area contributed by atoms with Crippen molar-refractivity contribution in [2.24, 2.45) is 0 Å². The van der Waals surface area contributed by atoms with E-state index in [1.54, 1.807) is 6.07 Å². The lowest BCUT2D eigenvalue weighted by molar-refractivity contribution is 0.473. The number of benzene rings is 1. The highest BCUT2D eigenvalue weighted by Gasteiger charge is 1.99. The first-order valence-corrected chi connectivity index (χ1v) is 4.67. The van der Waals surface area contributed by atoms with Crippen LogP contribution in [-0.2, 0) is 0 Å². The van der Waals surface area contributed by atoms with Gasteiger partial charge in [0.1, 0.15) is 5.75 Å². The maximum absolute atomic E-state index is 9.53. The highest BCUT2D eigenvalue weighted by Crippen LogP contribution is 2.18. The SMILES string of the molecule is CNCCC#Cc1c(C)cccc1O. The molecule has 0 aromatic heterocycles. The van der Waals surface area contributed by atoms with Gasteiger partial charge in [-0.25, -0.2) is 0 Å². The molecule has 0 heterocycles. The number of hydrogen-bond acceptors (Lipinski definition) is 2. The third-order valence-corrected chi connectivity index (χ3v) is 1.96. The van der Waals surface area contributed by atoms with Crippen molar-refractivity contribution in [3.05, 3.63) is 29.3 Å². The van der Waals surface area contributed by atoms with Crippen LogP contribution in [0.5, 0.6) is 5.75 Å². The molecule has 0 aliphatic heterocycles. The van der Waals surface area contributed by atoms with Crippen molar-refractivity contribution in [1.82, 2.24) is 5.32 Å². The second-order valence-electron chi connectivity index (χ2n) is 3.12. The smallest absolute Gasteiger partial charge is 0.131 e. The maximum atomic E-state index is 9.53. The summed E-state index contributed by atoms with van der Waals surface area (Å²) in [4.78, 5) is 0. The summed E-state index contributed by atoms with van der Waals surface area (Å²) in [5.41, 5.74) is 1.76. The van der Waals surface area contributed by atoms with Crippen LogP contribution in [-0.4, -0.2) is 18.7 Å². The van der Waals surface area contributed by atoms with Gasteiger partial charge in [-0.05, 0) is 25.6 Å². The molecule has 2 nitrogen and oxygen atoms in total. The van der Waals surface area contributed by atoms with E-state index in [-0.39, 0.29) is 5.75 Å². The van der Waals surface area contributed by atoms with Crippen LogP contribution < -0.4 is 5.32 Å². The molecule has 0 saturated carbocycles. The third kappa shape index (κ3) is 2.79. The van der Waals surface area contributed by atoms with E-state index in [4.69, 9.17) is 0 Å². The molecule has 0 fully saturated rings. The van der Waals surface area contributed by atoms with Crippen LogP contribution >= 0.6 is 0 Å². The van der Waals surface area contributed by atoms with E-state index in [0.29, 0.717) is 0 Å². The molecule has 1 aromatic carbocycles. The minimum Gasteiger partial charge on any atom is -0.507 e. The maximum Gasteiger partial charge on any atom is 0.131 e. The van der Waals surface area contributed by atoms with Gasteiger partial charge in [-0.1, -0.05) is 24.0 Å². The highest BCUT2D eigenvalue weighted by atomic mass is 16.3. The molecule has 0 spiro atoms. The molecule has 2 heteroatoms. The first kappa shape index (κ1) is 10.6. The molecule has 0 saturated heterocycles. The van der Waals surface area contributed by atoms with Crippen molar-refractivity contribution in [3.63, 3.8) is 0 Å². The number of phenolic OH excluding ortho intramolecular Hbond substituents is 1. The van der Waals surface area contributed by atoms with Gasteiger partial charge < -0.3 is 10.4 Å². The molecule has 1 aromatic rings. The fourth-order valence-electron chi connectivity index (χ4n) is 1.15. The van der Waals surface area contributed by atoms with E-state index in [9.17, 15) is 5.11 Å². The Morgan fingerprint density at radius 2 is 2.21 bits per heavy atom. The van der Waals surface area contributed by atoms with E-state index in [2.05, 4.69) is 17.2 Å². The number of aryl methyl sites for hydroxylation is 1. The first-order valence-electron chi connectivity index (χ1n) is 4.67. The lowest BCUT2D eigenvalue weighted by Crippen LogP contribution is -2.05. The average Bonchev–Trinajstić information content (AvgIpc) is 2.16. The molecule has 1 rings (SSSR count). The Balaban J connectivity index is 2.78. The Labute approximate surface area is 85.0 Å². The van der Waals surface area contributed by atoms with Gasteiger partial charge in [0, 0.05) is 13.0 Å². The normalized spacial score (nSPS) is 9.29. The van der Waals surface area contributed by atoms with Crippen molar-refractivity contribution in [3.8, 4) is 17.6 Å². The quantitative estimate of drug-likeness (QED) is 0.548. The minimum atomic E-state index is 0.266. The number of phenols is 1. The van der Waals surface area contributed by atoms with Crippen molar-refractivity contribution in [2.75, 3.05) is 13.6 Å². The average molecular weight is 189 g/mol. The minimum absolute atomic E-state index is 0.266. The van der Waals surface area contributed by atoms with Gasteiger partial charge >= 0.3 is 0 Å². The van der Waals surface area contributed by atoms with Crippen molar-refractivity contribution in [2.45, 2.75) is 13.3 Å². The van der Waals surface area contributed by atoms with Crippen LogP contribution in [0.3, 0.4) is 0 Å². The number of nitrogens with one attached hydrogen (secondary N) is 1. The van der Waals surface area contributed by atoms with Crippen LogP contribution in [0, 0.1) is 18.8 Å². The summed E-state index contributed by atoms with van der Waals surface area (Å²) in [6.45, 7) is 2.82. The predicted octanol–water partition coefficient (Wildman–Crippen LogP) is 1.66. The summed E-state index contributed by atoms with van der Waals surface area (Å²) in [6.07, 6.45) is 0.796. The number of aromatic hydroxyl groups is 1. The van der Waals surface area contributed by atoms with Gasteiger partial charge in [0.25, 0.3) is 0 Å². The zero-order chi connectivity index (χ0) is 10.4. The highest BCUT2D eigenvalue weighted by molar-refractivity contribution is 5.50. The molecule has 0 amide bonds. The Kier molecular flexibility index (Phi) is 4.03. The van der Waals surface area contributed by atoms with Crippen LogP contribution in [0.25, 0.3) is 0 Å². The van der Waals surface area contributed by atoms with E-state index < -0.39 is 0 Å². The molecule has 0 unspecified atom stereocenters. The molecule has 0 atom stereocenters. The van der Waals surface area contributed by atoms with Gasteiger partial charge in [-0.3, -0.25) is 0 Å². The topological polar surface area (TPSA) is 32.3 Å². The van der Waals surface area contributed by atoms with Gasteiger partial charge in [-0.2, -0.15) is 0 Å². The Morgan fingerprint density at radius 1 is 1.43 bits per heavy atom. The molecule has 0 bridgehead atoms. The Morgan fingerprint density at radius 3 is 2.86 bits per heavy atom. The summed E-state index contributed by atoms with van der Waals surface area (Å²) in [6, 6.07) is 5.43. The fraction of sp³-hybridized carbons (Fsp3) is 0.333. The molecule has 74 valence electrons. The standard InChI is InChI=1S/C12H15NO/c1-10-6-5-8-12(14)11(10)7-3-4-9-13-2/h5-6,8,13-14H,4,9H2,1-2H3. The second kappa shape index (κ2) is 5.31. The zero-order valence-electron chi connectivity index (χ0n) is 8.59. The van der Waals surface area contributed by atoms with Gasteiger partial charge in [-0.15, -0.1) is 0 Å². The van der Waals surface area contributed by atoms with Gasteiger partial charge in [0.15, 0.2) is 0 Å². The molecular weight excluding hydrogens is 174 g/mol. The molecule has 0 radical (unpaired) electrons. The number of hydrogen-bond donors (Lipinski definition) is 2. The second-order valence-corrected chi connectivity index (χ2v) is 3.12. The van der Waals surface area contributed by atoms with E-state index in [1.807, 2.05) is 26.1 Å². The molecule has 0 aliphatic rings. The molecule has 2 N–H and O–H groups in total. The summed E-state index contributed by atoms with van der Waals surface area (Å²) in [7, 11) is 1.90. The fourth-order valence-corrected chi connectivity index (χ4v) is 1.15. The van der Waals surface area contributed by atoms with Gasteiger partial charge in [0.05, 0.1) is 5.56 Å². The number of rotatable bonds is 2.